The van der Waals surface area contributed by atoms with Crippen LogP contribution in [0, 0.1) is 17.3 Å². The Labute approximate surface area is 131 Å². The molecule has 1 N–H and O–H groups in total. The summed E-state index contributed by atoms with van der Waals surface area (Å²) in [6, 6.07) is 0.807. The standard InChI is InChI=1S/C18H35NS/c1-18(2,3)15-10-8-14(9-11-15)13-19-16-6-5-7-17(12-16)20-4/h14-17,19H,5-13H2,1-4H3. The van der Waals surface area contributed by atoms with Crippen molar-refractivity contribution in [2.45, 2.75) is 83.4 Å². The van der Waals surface area contributed by atoms with Gasteiger partial charge in [-0.05, 0) is 75.0 Å². The SMILES string of the molecule is CSC1CCCC(NCC2CCC(C(C)(C)C)CC2)C1. The summed E-state index contributed by atoms with van der Waals surface area (Å²) in [6.45, 7) is 8.53. The molecule has 20 heavy (non-hydrogen) atoms. The minimum absolute atomic E-state index is 0.521. The fraction of sp³-hybridized carbons (Fsp3) is 1.00. The molecule has 2 fully saturated rings. The van der Waals surface area contributed by atoms with Crippen molar-refractivity contribution >= 4 is 11.8 Å². The first-order chi connectivity index (χ1) is 9.49. The molecule has 0 spiro atoms. The van der Waals surface area contributed by atoms with Crippen molar-refractivity contribution in [1.29, 1.82) is 0 Å². The Bertz CT molecular complexity index is 276. The van der Waals surface area contributed by atoms with Gasteiger partial charge < -0.3 is 5.32 Å². The Morgan fingerprint density at radius 3 is 2.30 bits per heavy atom. The van der Waals surface area contributed by atoms with Crippen LogP contribution in [0.5, 0.6) is 0 Å². The summed E-state index contributed by atoms with van der Waals surface area (Å²) in [7, 11) is 0. The van der Waals surface area contributed by atoms with Gasteiger partial charge >= 0.3 is 0 Å². The predicted molar refractivity (Wildman–Crippen MR) is 92.5 cm³/mol. The van der Waals surface area contributed by atoms with Crippen molar-refractivity contribution in [3.8, 4) is 0 Å². The van der Waals surface area contributed by atoms with E-state index in [1.165, 1.54) is 57.9 Å². The van der Waals surface area contributed by atoms with Crippen LogP contribution >= 0.6 is 11.8 Å². The maximum absolute atomic E-state index is 3.90. The molecule has 2 aliphatic carbocycles. The normalized spacial score (nSPS) is 36.0. The molecule has 0 saturated heterocycles. The second-order valence-electron chi connectivity index (χ2n) is 8.21. The fourth-order valence-electron chi connectivity index (χ4n) is 4.11. The van der Waals surface area contributed by atoms with Crippen molar-refractivity contribution in [2.75, 3.05) is 12.8 Å². The lowest BCUT2D eigenvalue weighted by atomic mass is 9.70. The highest BCUT2D eigenvalue weighted by Gasteiger charge is 2.30. The quantitative estimate of drug-likeness (QED) is 0.774. The molecule has 0 aromatic carbocycles. The van der Waals surface area contributed by atoms with Gasteiger partial charge in [-0.3, -0.25) is 0 Å². The summed E-state index contributed by atoms with van der Waals surface area (Å²) in [5.74, 6) is 1.90. The summed E-state index contributed by atoms with van der Waals surface area (Å²) in [5.41, 5.74) is 0.521. The van der Waals surface area contributed by atoms with Gasteiger partial charge in [-0.25, -0.2) is 0 Å². The molecule has 2 unspecified atom stereocenters. The van der Waals surface area contributed by atoms with Crippen LogP contribution in [0.4, 0.5) is 0 Å². The van der Waals surface area contributed by atoms with E-state index in [-0.39, 0.29) is 0 Å². The summed E-state index contributed by atoms with van der Waals surface area (Å²) < 4.78 is 0. The van der Waals surface area contributed by atoms with Crippen LogP contribution in [-0.4, -0.2) is 24.1 Å². The van der Waals surface area contributed by atoms with Crippen LogP contribution in [0.15, 0.2) is 0 Å². The highest BCUT2D eigenvalue weighted by molar-refractivity contribution is 7.99. The molecular weight excluding hydrogens is 262 g/mol. The van der Waals surface area contributed by atoms with Gasteiger partial charge in [0.05, 0.1) is 0 Å². The molecule has 0 amide bonds. The minimum Gasteiger partial charge on any atom is -0.314 e. The maximum atomic E-state index is 3.90. The first-order valence-corrected chi connectivity index (χ1v) is 10.0. The molecule has 2 atom stereocenters. The second kappa shape index (κ2) is 7.54. The Morgan fingerprint density at radius 2 is 1.70 bits per heavy atom. The van der Waals surface area contributed by atoms with E-state index in [1.807, 2.05) is 0 Å². The van der Waals surface area contributed by atoms with Gasteiger partial charge in [0.1, 0.15) is 0 Å². The molecule has 2 rings (SSSR count). The van der Waals surface area contributed by atoms with Gasteiger partial charge in [0.15, 0.2) is 0 Å². The van der Waals surface area contributed by atoms with Crippen LogP contribution in [0.3, 0.4) is 0 Å². The lowest BCUT2D eigenvalue weighted by Gasteiger charge is -2.38. The predicted octanol–water partition coefficient (Wildman–Crippen LogP) is 5.10. The molecule has 0 radical (unpaired) electrons. The topological polar surface area (TPSA) is 12.0 Å². The molecule has 0 aliphatic heterocycles. The average Bonchev–Trinajstić information content (AvgIpc) is 2.45. The number of nitrogens with one attached hydrogen (secondary N) is 1. The summed E-state index contributed by atoms with van der Waals surface area (Å²) in [5, 5.41) is 4.81. The first-order valence-electron chi connectivity index (χ1n) is 8.75. The summed E-state index contributed by atoms with van der Waals surface area (Å²) >= 11 is 2.07. The second-order valence-corrected chi connectivity index (χ2v) is 9.35. The van der Waals surface area contributed by atoms with Gasteiger partial charge in [0.25, 0.3) is 0 Å². The number of thioether (sulfide) groups is 1. The molecule has 2 aliphatic rings. The Hall–Kier alpha value is 0.310. The molecule has 2 saturated carbocycles. The summed E-state index contributed by atoms with van der Waals surface area (Å²) in [6.07, 6.45) is 13.8. The van der Waals surface area contributed by atoms with Gasteiger partial charge in [-0.2, -0.15) is 11.8 Å². The zero-order valence-corrected chi connectivity index (χ0v) is 14.9. The van der Waals surface area contributed by atoms with E-state index in [2.05, 4.69) is 44.1 Å². The molecule has 0 aromatic heterocycles. The zero-order chi connectivity index (χ0) is 14.6. The van der Waals surface area contributed by atoms with Crippen LogP contribution in [0.2, 0.25) is 0 Å². The van der Waals surface area contributed by atoms with Gasteiger partial charge in [-0.15, -0.1) is 0 Å². The average molecular weight is 298 g/mol. The van der Waals surface area contributed by atoms with Crippen molar-refractivity contribution in [3.05, 3.63) is 0 Å². The summed E-state index contributed by atoms with van der Waals surface area (Å²) in [4.78, 5) is 0. The molecule has 0 bridgehead atoms. The van der Waals surface area contributed by atoms with Crippen LogP contribution in [-0.2, 0) is 0 Å². The smallest absolute Gasteiger partial charge is 0.00777 e. The molecule has 118 valence electrons. The largest absolute Gasteiger partial charge is 0.314 e. The van der Waals surface area contributed by atoms with Crippen molar-refractivity contribution < 1.29 is 0 Å². The van der Waals surface area contributed by atoms with Crippen molar-refractivity contribution in [3.63, 3.8) is 0 Å². The van der Waals surface area contributed by atoms with Crippen LogP contribution in [0.25, 0.3) is 0 Å². The number of hydrogen-bond acceptors (Lipinski definition) is 2. The third-order valence-corrected chi connectivity index (χ3v) is 6.82. The van der Waals surface area contributed by atoms with E-state index in [4.69, 9.17) is 0 Å². The van der Waals surface area contributed by atoms with Gasteiger partial charge in [-0.1, -0.05) is 27.2 Å². The Kier molecular flexibility index (Phi) is 6.28. The van der Waals surface area contributed by atoms with Crippen molar-refractivity contribution in [2.24, 2.45) is 17.3 Å². The van der Waals surface area contributed by atoms with Crippen LogP contribution < -0.4 is 5.32 Å². The molecule has 1 nitrogen and oxygen atoms in total. The molecule has 0 aromatic rings. The number of hydrogen-bond donors (Lipinski definition) is 1. The van der Waals surface area contributed by atoms with Gasteiger partial charge in [0, 0.05) is 11.3 Å². The number of rotatable bonds is 4. The van der Waals surface area contributed by atoms with E-state index in [1.54, 1.807) is 0 Å². The Morgan fingerprint density at radius 1 is 1.00 bits per heavy atom. The zero-order valence-electron chi connectivity index (χ0n) is 14.1. The molecule has 2 heteroatoms. The lowest BCUT2D eigenvalue weighted by molar-refractivity contribution is 0.146. The third-order valence-electron chi connectivity index (χ3n) is 5.73. The van der Waals surface area contributed by atoms with Gasteiger partial charge in [0.2, 0.25) is 0 Å². The molecule has 0 heterocycles. The first kappa shape index (κ1) is 16.7. The fourth-order valence-corrected chi connectivity index (χ4v) is 4.94. The van der Waals surface area contributed by atoms with E-state index in [0.29, 0.717) is 5.41 Å². The van der Waals surface area contributed by atoms with E-state index < -0.39 is 0 Å². The third kappa shape index (κ3) is 4.94. The Balaban J connectivity index is 1.66. The maximum Gasteiger partial charge on any atom is 0.00777 e. The van der Waals surface area contributed by atoms with Crippen molar-refractivity contribution in [1.82, 2.24) is 5.32 Å². The van der Waals surface area contributed by atoms with E-state index >= 15 is 0 Å². The molecular formula is C18H35NS. The van der Waals surface area contributed by atoms with E-state index in [9.17, 15) is 0 Å². The highest BCUT2D eigenvalue weighted by atomic mass is 32.2. The highest BCUT2D eigenvalue weighted by Crippen LogP contribution is 2.39. The van der Waals surface area contributed by atoms with Crippen LogP contribution in [0.1, 0.15) is 72.1 Å². The lowest BCUT2D eigenvalue weighted by Crippen LogP contribution is -2.39. The van der Waals surface area contributed by atoms with E-state index in [0.717, 1.165) is 23.1 Å². The monoisotopic (exact) mass is 297 g/mol. The minimum atomic E-state index is 0.521.